The molecule has 3 heteroatoms. The second-order valence-corrected chi connectivity index (χ2v) is 13.3. The molecule has 0 radical (unpaired) electrons. The molecule has 54 heavy (non-hydrogen) atoms. The highest BCUT2D eigenvalue weighted by atomic mass is 14.6. The summed E-state index contributed by atoms with van der Waals surface area (Å²) in [5, 5.41) is 3.31. The van der Waals surface area contributed by atoms with E-state index in [1.165, 1.54) is 0 Å². The summed E-state index contributed by atoms with van der Waals surface area (Å²) in [5.41, 5.74) is 14.4. The molecule has 3 heterocycles. The molecule has 1 aliphatic carbocycles. The van der Waals surface area contributed by atoms with Gasteiger partial charge in [-0.3, -0.25) is 15.0 Å². The fourth-order valence-corrected chi connectivity index (χ4v) is 6.95. The molecule has 9 aromatic rings. The molecule has 0 unspecified atom stereocenters. The van der Waals surface area contributed by atoms with Gasteiger partial charge in [-0.2, -0.15) is 0 Å². The molecule has 6 aromatic carbocycles. The van der Waals surface area contributed by atoms with Crippen LogP contribution in [0.2, 0.25) is 0 Å². The van der Waals surface area contributed by atoms with Crippen molar-refractivity contribution < 1.29 is 0 Å². The number of hydrogen-bond donors (Lipinski definition) is 0. The zero-order valence-corrected chi connectivity index (χ0v) is 28.9. The largest absolute Gasteiger partial charge is 0.256 e. The van der Waals surface area contributed by atoms with E-state index in [-0.39, 0.29) is 0 Å². The third-order valence-corrected chi connectivity index (χ3v) is 9.87. The van der Waals surface area contributed by atoms with Crippen LogP contribution in [0, 0.1) is 35.5 Å². The number of rotatable bonds is 3. The minimum Gasteiger partial charge on any atom is -0.256 e. The van der Waals surface area contributed by atoms with Crippen molar-refractivity contribution in [1.82, 2.24) is 15.0 Å². The van der Waals surface area contributed by atoms with Gasteiger partial charge in [0.2, 0.25) is 0 Å². The van der Waals surface area contributed by atoms with Crippen LogP contribution in [0.3, 0.4) is 0 Å². The Labute approximate surface area is 313 Å². The fourth-order valence-electron chi connectivity index (χ4n) is 6.95. The molecule has 3 aromatic heterocycles. The van der Waals surface area contributed by atoms with Gasteiger partial charge in [-0.05, 0) is 106 Å². The van der Waals surface area contributed by atoms with Crippen molar-refractivity contribution in [1.29, 1.82) is 0 Å². The molecule has 0 N–H and O–H groups in total. The van der Waals surface area contributed by atoms with E-state index in [0.29, 0.717) is 0 Å². The fraction of sp³-hybridized carbons (Fsp3) is 0. The Morgan fingerprint density at radius 3 is 0.870 bits per heavy atom. The SMILES string of the molecule is C1#Cc2cc(-c3ccc4cccnc4c3)ccc2C#Cc2cc(-c3ccc4cccnc4c3)ccc2C#Cc2cc(-c3ccc4cccnc4c3)ccc21. The van der Waals surface area contributed by atoms with Crippen molar-refractivity contribution in [3.63, 3.8) is 0 Å². The summed E-state index contributed by atoms with van der Waals surface area (Å²) in [4.78, 5) is 13.8. The molecule has 0 amide bonds. The van der Waals surface area contributed by atoms with Crippen molar-refractivity contribution in [3.05, 3.63) is 198 Å². The highest BCUT2D eigenvalue weighted by Crippen LogP contribution is 2.29. The minimum atomic E-state index is 0.851. The first-order valence-corrected chi connectivity index (χ1v) is 17.7. The van der Waals surface area contributed by atoms with Gasteiger partial charge in [-0.15, -0.1) is 0 Å². The van der Waals surface area contributed by atoms with Crippen LogP contribution in [0.25, 0.3) is 66.1 Å². The van der Waals surface area contributed by atoms with E-state index >= 15 is 0 Å². The molecule has 0 atom stereocenters. The number of pyridine rings is 3. The first kappa shape index (κ1) is 31.0. The lowest BCUT2D eigenvalue weighted by Gasteiger charge is -2.08. The molecule has 0 saturated carbocycles. The van der Waals surface area contributed by atoms with E-state index in [1.807, 2.05) is 36.8 Å². The third-order valence-electron chi connectivity index (χ3n) is 9.87. The predicted octanol–water partition coefficient (Wildman–Crippen LogP) is 10.8. The second-order valence-electron chi connectivity index (χ2n) is 13.3. The highest BCUT2D eigenvalue weighted by molar-refractivity contribution is 5.87. The molecule has 1 aliphatic rings. The lowest BCUT2D eigenvalue weighted by Crippen LogP contribution is -1.92. The van der Waals surface area contributed by atoms with Crippen LogP contribution in [0.4, 0.5) is 0 Å². The van der Waals surface area contributed by atoms with Gasteiger partial charge in [0, 0.05) is 68.1 Å². The maximum absolute atomic E-state index is 4.59. The molecule has 0 saturated heterocycles. The molecular formula is C51H27N3. The summed E-state index contributed by atoms with van der Waals surface area (Å²) in [7, 11) is 0. The molecule has 0 fully saturated rings. The normalized spacial score (nSPS) is 11.3. The summed E-state index contributed by atoms with van der Waals surface area (Å²) in [6, 6.07) is 50.2. The van der Waals surface area contributed by atoms with E-state index in [9.17, 15) is 0 Å². The first-order valence-electron chi connectivity index (χ1n) is 17.7. The van der Waals surface area contributed by atoms with Crippen LogP contribution in [-0.2, 0) is 0 Å². The lowest BCUT2D eigenvalue weighted by atomic mass is 9.95. The Morgan fingerprint density at radius 1 is 0.259 bits per heavy atom. The van der Waals surface area contributed by atoms with Gasteiger partial charge < -0.3 is 0 Å². The lowest BCUT2D eigenvalue weighted by molar-refractivity contribution is 1.41. The Kier molecular flexibility index (Phi) is 7.51. The number of benzene rings is 6. The minimum absolute atomic E-state index is 0.851. The van der Waals surface area contributed by atoms with Gasteiger partial charge in [0.25, 0.3) is 0 Å². The molecule has 0 spiro atoms. The Hall–Kier alpha value is -7.77. The average Bonchev–Trinajstić information content (AvgIpc) is 3.23. The molecule has 0 bridgehead atoms. The van der Waals surface area contributed by atoms with Crippen LogP contribution < -0.4 is 0 Å². The zero-order valence-electron chi connectivity index (χ0n) is 28.9. The van der Waals surface area contributed by atoms with Crippen LogP contribution >= 0.6 is 0 Å². The van der Waals surface area contributed by atoms with E-state index in [1.54, 1.807) is 0 Å². The third kappa shape index (κ3) is 5.91. The van der Waals surface area contributed by atoms with Gasteiger partial charge in [0.05, 0.1) is 16.6 Å². The molecule has 3 nitrogen and oxygen atoms in total. The van der Waals surface area contributed by atoms with E-state index < -0.39 is 0 Å². The van der Waals surface area contributed by atoms with Crippen LogP contribution in [0.5, 0.6) is 0 Å². The monoisotopic (exact) mass is 681 g/mol. The Bertz CT molecular complexity index is 2850. The van der Waals surface area contributed by atoms with Gasteiger partial charge in [-0.25, -0.2) is 0 Å². The summed E-state index contributed by atoms with van der Waals surface area (Å²) in [5.74, 6) is 20.9. The van der Waals surface area contributed by atoms with Crippen molar-refractivity contribution in [2.75, 3.05) is 0 Å². The molecular weight excluding hydrogens is 655 g/mol. The van der Waals surface area contributed by atoms with Crippen LogP contribution in [0.15, 0.2) is 164 Å². The summed E-state index contributed by atoms with van der Waals surface area (Å²) < 4.78 is 0. The standard InChI is InChI=1S/C51H27N3/c1-4-37-13-22-46(31-49(37)52-25-1)43-19-10-34-8-17-41-29-45(48-24-15-39-6-3-27-54-51(39)33-48)21-12-36(41)9-18-42-30-44(20-11-35(42)7-16-40(34)28-43)47-23-14-38-5-2-26-53-50(38)32-47/h1-6,10-15,19-33H. The average molecular weight is 682 g/mol. The summed E-state index contributed by atoms with van der Waals surface area (Å²) >= 11 is 0. The van der Waals surface area contributed by atoms with Crippen LogP contribution in [-0.4, -0.2) is 15.0 Å². The van der Waals surface area contributed by atoms with E-state index in [2.05, 4.69) is 178 Å². The summed E-state index contributed by atoms with van der Waals surface area (Å²) in [6.45, 7) is 0. The second kappa shape index (κ2) is 13.1. The smallest absolute Gasteiger partial charge is 0.0708 e. The maximum atomic E-state index is 4.59. The number of aromatic nitrogens is 3. The van der Waals surface area contributed by atoms with Gasteiger partial charge in [-0.1, -0.05) is 108 Å². The predicted molar refractivity (Wildman–Crippen MR) is 219 cm³/mol. The molecule has 246 valence electrons. The van der Waals surface area contributed by atoms with E-state index in [4.69, 9.17) is 0 Å². The number of fused-ring (bicyclic) bond motifs is 6. The van der Waals surface area contributed by atoms with Crippen molar-refractivity contribution in [2.24, 2.45) is 0 Å². The Morgan fingerprint density at radius 2 is 0.537 bits per heavy atom. The van der Waals surface area contributed by atoms with Crippen molar-refractivity contribution in [2.45, 2.75) is 0 Å². The van der Waals surface area contributed by atoms with Gasteiger partial charge in [0.15, 0.2) is 0 Å². The van der Waals surface area contributed by atoms with Gasteiger partial charge in [0.1, 0.15) is 0 Å². The molecule has 0 aliphatic heterocycles. The van der Waals surface area contributed by atoms with Crippen LogP contribution in [0.1, 0.15) is 33.4 Å². The van der Waals surface area contributed by atoms with Crippen molar-refractivity contribution >= 4 is 32.7 Å². The molecule has 10 rings (SSSR count). The highest BCUT2D eigenvalue weighted by Gasteiger charge is 2.10. The Balaban J connectivity index is 1.14. The van der Waals surface area contributed by atoms with E-state index in [0.717, 1.165) is 99.5 Å². The topological polar surface area (TPSA) is 38.7 Å². The van der Waals surface area contributed by atoms with Crippen molar-refractivity contribution in [3.8, 4) is 68.9 Å². The first-order chi connectivity index (χ1) is 26.7. The number of nitrogens with zero attached hydrogens (tertiary/aromatic N) is 3. The summed E-state index contributed by atoms with van der Waals surface area (Å²) in [6.07, 6.45) is 5.48. The quantitative estimate of drug-likeness (QED) is 0.174. The zero-order chi connectivity index (χ0) is 35.8. The van der Waals surface area contributed by atoms with Gasteiger partial charge >= 0.3 is 0 Å². The number of hydrogen-bond acceptors (Lipinski definition) is 3. The maximum Gasteiger partial charge on any atom is 0.0708 e.